The molecule has 0 aliphatic heterocycles. The molecule has 62 valence electrons. The normalized spacial score (nSPS) is 12.4. The minimum Gasteiger partial charge on any atom is -0.480 e. The van der Waals surface area contributed by atoms with Crippen molar-refractivity contribution in [1.82, 2.24) is 0 Å². The zero-order chi connectivity index (χ0) is 7.44. The summed E-state index contributed by atoms with van der Waals surface area (Å²) < 4.78 is 0. The molecular weight excluding hydrogens is 130 g/mol. The van der Waals surface area contributed by atoms with Gasteiger partial charge in [-0.25, -0.2) is 0 Å². The highest BCUT2D eigenvalue weighted by Crippen LogP contribution is 2.01. The van der Waals surface area contributed by atoms with Crippen LogP contribution in [0, 0.1) is 5.92 Å². The molecule has 0 aromatic rings. The standard InChI is InChI=1S/C6H13NO2.CH4/c1-4(2)3-5(7)6(8)9;/h4-5H,3,7H2,1-2H3,(H,8,9);1H4/t5-;/m0./s1. The molecule has 10 heavy (non-hydrogen) atoms. The number of hydrogen-bond acceptors (Lipinski definition) is 2. The first-order chi connectivity index (χ1) is 4.04. The molecule has 1 atom stereocenters. The van der Waals surface area contributed by atoms with Crippen LogP contribution >= 0.6 is 0 Å². The van der Waals surface area contributed by atoms with Crippen LogP contribution in [0.4, 0.5) is 0 Å². The van der Waals surface area contributed by atoms with E-state index in [2.05, 4.69) is 0 Å². The van der Waals surface area contributed by atoms with Crippen molar-refractivity contribution in [3.63, 3.8) is 0 Å². The van der Waals surface area contributed by atoms with E-state index in [9.17, 15) is 4.79 Å². The summed E-state index contributed by atoms with van der Waals surface area (Å²) in [4.78, 5) is 10.1. The fourth-order valence-corrected chi connectivity index (χ4v) is 0.609. The molecule has 0 fully saturated rings. The van der Waals surface area contributed by atoms with E-state index in [-0.39, 0.29) is 7.43 Å². The van der Waals surface area contributed by atoms with Gasteiger partial charge in [0.15, 0.2) is 0 Å². The van der Waals surface area contributed by atoms with Crippen molar-refractivity contribution < 1.29 is 9.90 Å². The second-order valence-corrected chi connectivity index (χ2v) is 2.57. The molecule has 0 amide bonds. The lowest BCUT2D eigenvalue weighted by Crippen LogP contribution is -2.31. The lowest BCUT2D eigenvalue weighted by Gasteiger charge is -2.07. The highest BCUT2D eigenvalue weighted by atomic mass is 16.4. The minimum atomic E-state index is -0.913. The smallest absolute Gasteiger partial charge is 0.320 e. The van der Waals surface area contributed by atoms with Gasteiger partial charge in [-0.1, -0.05) is 21.3 Å². The second-order valence-electron chi connectivity index (χ2n) is 2.57. The molecule has 0 spiro atoms. The maximum absolute atomic E-state index is 10.1. The molecule has 0 aromatic carbocycles. The molecule has 0 saturated heterocycles. The Bertz CT molecular complexity index is 102. The van der Waals surface area contributed by atoms with Gasteiger partial charge in [-0.3, -0.25) is 4.79 Å². The van der Waals surface area contributed by atoms with Crippen molar-refractivity contribution in [2.45, 2.75) is 33.7 Å². The van der Waals surface area contributed by atoms with E-state index in [1.165, 1.54) is 0 Å². The first-order valence-electron chi connectivity index (χ1n) is 3.02. The summed E-state index contributed by atoms with van der Waals surface area (Å²) in [6.07, 6.45) is 0.551. The van der Waals surface area contributed by atoms with E-state index in [1.807, 2.05) is 13.8 Å². The van der Waals surface area contributed by atoms with Crippen molar-refractivity contribution in [3.8, 4) is 0 Å². The lowest BCUT2D eigenvalue weighted by atomic mass is 10.1. The van der Waals surface area contributed by atoms with Gasteiger partial charge in [0.2, 0.25) is 0 Å². The van der Waals surface area contributed by atoms with Gasteiger partial charge in [-0.15, -0.1) is 0 Å². The maximum Gasteiger partial charge on any atom is 0.320 e. The van der Waals surface area contributed by atoms with Gasteiger partial charge in [-0.05, 0) is 12.3 Å². The van der Waals surface area contributed by atoms with Gasteiger partial charge in [0, 0.05) is 0 Å². The van der Waals surface area contributed by atoms with Crippen molar-refractivity contribution in [3.05, 3.63) is 0 Å². The molecule has 0 radical (unpaired) electrons. The van der Waals surface area contributed by atoms with Crippen LogP contribution in [0.1, 0.15) is 27.7 Å². The number of carboxylic acids is 1. The molecular formula is C7H17NO2. The number of rotatable bonds is 3. The molecule has 0 rings (SSSR count). The largest absolute Gasteiger partial charge is 0.480 e. The summed E-state index contributed by atoms with van der Waals surface area (Å²) in [5.74, 6) is -0.556. The zero-order valence-corrected chi connectivity index (χ0v) is 5.79. The SMILES string of the molecule is C.CC(C)C[C@H](N)C(=O)O. The van der Waals surface area contributed by atoms with Gasteiger partial charge in [0.25, 0.3) is 0 Å². The first kappa shape index (κ1) is 12.1. The van der Waals surface area contributed by atoms with Crippen LogP contribution in [0.3, 0.4) is 0 Å². The molecule has 3 heteroatoms. The molecule has 0 heterocycles. The lowest BCUT2D eigenvalue weighted by molar-refractivity contribution is -0.138. The van der Waals surface area contributed by atoms with Crippen LogP contribution in [-0.4, -0.2) is 17.1 Å². The average Bonchev–Trinajstić information content (AvgIpc) is 1.63. The van der Waals surface area contributed by atoms with E-state index in [0.29, 0.717) is 12.3 Å². The Morgan fingerprint density at radius 3 is 2.10 bits per heavy atom. The Morgan fingerprint density at radius 2 is 2.00 bits per heavy atom. The Kier molecular flexibility index (Phi) is 6.35. The summed E-state index contributed by atoms with van der Waals surface area (Å²) in [5, 5.41) is 8.31. The monoisotopic (exact) mass is 147 g/mol. The first-order valence-corrected chi connectivity index (χ1v) is 3.02. The van der Waals surface area contributed by atoms with Gasteiger partial charge in [0.05, 0.1) is 0 Å². The van der Waals surface area contributed by atoms with Gasteiger partial charge >= 0.3 is 5.97 Å². The Hall–Kier alpha value is -0.570. The van der Waals surface area contributed by atoms with Crippen molar-refractivity contribution >= 4 is 5.97 Å². The highest BCUT2D eigenvalue weighted by molar-refractivity contribution is 5.72. The maximum atomic E-state index is 10.1. The molecule has 3 nitrogen and oxygen atoms in total. The number of hydrogen-bond donors (Lipinski definition) is 2. The van der Waals surface area contributed by atoms with Gasteiger partial charge in [0.1, 0.15) is 6.04 Å². The fourth-order valence-electron chi connectivity index (χ4n) is 0.609. The number of nitrogens with two attached hydrogens (primary N) is 1. The van der Waals surface area contributed by atoms with Gasteiger partial charge in [-0.2, -0.15) is 0 Å². The van der Waals surface area contributed by atoms with Crippen molar-refractivity contribution in [2.24, 2.45) is 11.7 Å². The van der Waals surface area contributed by atoms with E-state index in [1.54, 1.807) is 0 Å². The summed E-state index contributed by atoms with van der Waals surface area (Å²) >= 11 is 0. The van der Waals surface area contributed by atoms with E-state index in [4.69, 9.17) is 10.8 Å². The van der Waals surface area contributed by atoms with Crippen LogP contribution in [-0.2, 0) is 4.79 Å². The quantitative estimate of drug-likeness (QED) is 0.628. The topological polar surface area (TPSA) is 63.3 Å². The molecule has 0 unspecified atom stereocenters. The summed E-state index contributed by atoms with van der Waals surface area (Å²) in [7, 11) is 0. The van der Waals surface area contributed by atoms with Crippen LogP contribution in [0.2, 0.25) is 0 Å². The molecule has 0 aliphatic carbocycles. The third-order valence-electron chi connectivity index (χ3n) is 1.04. The molecule has 3 N–H and O–H groups in total. The predicted octanol–water partition coefficient (Wildman–Crippen LogP) is 1.08. The summed E-state index contributed by atoms with van der Waals surface area (Å²) in [6.45, 7) is 3.89. The van der Waals surface area contributed by atoms with E-state index < -0.39 is 12.0 Å². The Morgan fingerprint density at radius 1 is 1.60 bits per heavy atom. The Balaban J connectivity index is 0. The highest BCUT2D eigenvalue weighted by Gasteiger charge is 2.11. The number of carboxylic acid groups (broad SMARTS) is 1. The number of aliphatic carboxylic acids is 1. The summed E-state index contributed by atoms with van der Waals surface area (Å²) in [5.41, 5.74) is 5.22. The third-order valence-corrected chi connectivity index (χ3v) is 1.04. The third kappa shape index (κ3) is 5.56. The second kappa shape index (κ2) is 5.23. The van der Waals surface area contributed by atoms with E-state index >= 15 is 0 Å². The average molecular weight is 147 g/mol. The fraction of sp³-hybridized carbons (Fsp3) is 0.857. The van der Waals surface area contributed by atoms with E-state index in [0.717, 1.165) is 0 Å². The van der Waals surface area contributed by atoms with Crippen molar-refractivity contribution in [2.75, 3.05) is 0 Å². The molecule has 0 bridgehead atoms. The van der Waals surface area contributed by atoms with Crippen LogP contribution in [0.5, 0.6) is 0 Å². The van der Waals surface area contributed by atoms with Crippen molar-refractivity contribution in [1.29, 1.82) is 0 Å². The predicted molar refractivity (Wildman–Crippen MR) is 41.8 cm³/mol. The zero-order valence-electron chi connectivity index (χ0n) is 5.79. The van der Waals surface area contributed by atoms with Gasteiger partial charge < -0.3 is 10.8 Å². The number of carbonyl (C=O) groups is 1. The van der Waals surface area contributed by atoms with Crippen LogP contribution in [0.25, 0.3) is 0 Å². The molecule has 0 saturated carbocycles. The molecule has 0 aromatic heterocycles. The molecule has 0 aliphatic rings. The Labute approximate surface area is 62.2 Å². The van der Waals surface area contributed by atoms with Crippen LogP contribution in [0.15, 0.2) is 0 Å². The minimum absolute atomic E-state index is 0. The summed E-state index contributed by atoms with van der Waals surface area (Å²) in [6, 6.07) is -0.690. The van der Waals surface area contributed by atoms with Crippen LogP contribution < -0.4 is 5.73 Å².